The summed E-state index contributed by atoms with van der Waals surface area (Å²) in [6, 6.07) is 0. The summed E-state index contributed by atoms with van der Waals surface area (Å²) in [6.45, 7) is 8.57. The third-order valence-electron chi connectivity index (χ3n) is 4.87. The van der Waals surface area contributed by atoms with Crippen molar-refractivity contribution in [1.29, 1.82) is 0 Å². The Labute approximate surface area is 153 Å². The molecule has 0 aliphatic heterocycles. The highest BCUT2D eigenvalue weighted by molar-refractivity contribution is 5.98. The van der Waals surface area contributed by atoms with Crippen LogP contribution in [0.1, 0.15) is 98.3 Å². The summed E-state index contributed by atoms with van der Waals surface area (Å²) in [5.41, 5.74) is 0.240. The molecule has 1 atom stereocenters. The summed E-state index contributed by atoms with van der Waals surface area (Å²) in [6.07, 6.45) is 9.87. The number of aliphatic carboxylic acids is 2. The Morgan fingerprint density at radius 1 is 0.800 bits per heavy atom. The summed E-state index contributed by atoms with van der Waals surface area (Å²) >= 11 is 0. The topological polar surface area (TPSA) is 74.6 Å². The molecule has 4 heteroatoms. The first-order valence-electron chi connectivity index (χ1n) is 10.0. The average molecular weight is 355 g/mol. The Balaban J connectivity index is 4.83. The van der Waals surface area contributed by atoms with Crippen molar-refractivity contribution in [3.63, 3.8) is 0 Å². The molecule has 0 saturated carbocycles. The number of rotatable bonds is 15. The van der Waals surface area contributed by atoms with Crippen LogP contribution >= 0.6 is 0 Å². The minimum atomic E-state index is -1.06. The van der Waals surface area contributed by atoms with Crippen molar-refractivity contribution in [3.05, 3.63) is 11.1 Å². The molecule has 0 bridgehead atoms. The van der Waals surface area contributed by atoms with E-state index >= 15 is 0 Å². The fourth-order valence-electron chi connectivity index (χ4n) is 3.17. The van der Waals surface area contributed by atoms with E-state index in [2.05, 4.69) is 27.7 Å². The van der Waals surface area contributed by atoms with Crippen molar-refractivity contribution < 1.29 is 19.8 Å². The van der Waals surface area contributed by atoms with Gasteiger partial charge in [-0.05, 0) is 31.1 Å². The predicted octanol–water partition coefficient (Wildman–Crippen LogP) is 6.06. The van der Waals surface area contributed by atoms with E-state index in [0.717, 1.165) is 51.4 Å². The molecule has 25 heavy (non-hydrogen) atoms. The van der Waals surface area contributed by atoms with Gasteiger partial charge in [0.2, 0.25) is 0 Å². The van der Waals surface area contributed by atoms with E-state index in [4.69, 9.17) is 0 Å². The zero-order chi connectivity index (χ0) is 19.2. The fraction of sp³-hybridized carbons (Fsp3) is 0.810. The van der Waals surface area contributed by atoms with Gasteiger partial charge in [-0.15, -0.1) is 0 Å². The van der Waals surface area contributed by atoms with Gasteiger partial charge < -0.3 is 10.2 Å². The molecule has 0 aliphatic carbocycles. The highest BCUT2D eigenvalue weighted by Crippen LogP contribution is 2.26. The van der Waals surface area contributed by atoms with Gasteiger partial charge in [-0.1, -0.05) is 79.1 Å². The molecule has 0 aromatic carbocycles. The molecular formula is C21H38O4. The predicted molar refractivity (Wildman–Crippen MR) is 103 cm³/mol. The smallest absolute Gasteiger partial charge is 0.332 e. The standard InChI is InChI=1S/C21H38O4/c1-5-7-13-17(6-2)15-19(21(24)25)18(20(22)23)14-11-9-8-10-12-16(3)4/h16-17H,5-15H2,1-4H3,(H,22,23)(H,24,25). The minimum Gasteiger partial charge on any atom is -0.478 e. The van der Waals surface area contributed by atoms with E-state index < -0.39 is 11.9 Å². The third kappa shape index (κ3) is 11.0. The van der Waals surface area contributed by atoms with Crippen LogP contribution < -0.4 is 0 Å². The van der Waals surface area contributed by atoms with Gasteiger partial charge in [-0.3, -0.25) is 0 Å². The summed E-state index contributed by atoms with van der Waals surface area (Å²) in [5, 5.41) is 19.1. The Hall–Kier alpha value is -1.32. The van der Waals surface area contributed by atoms with E-state index in [9.17, 15) is 19.8 Å². The van der Waals surface area contributed by atoms with Crippen LogP contribution in [0.5, 0.6) is 0 Å². The van der Waals surface area contributed by atoms with Gasteiger partial charge in [0, 0.05) is 11.1 Å². The van der Waals surface area contributed by atoms with Gasteiger partial charge in [0.15, 0.2) is 0 Å². The number of carbonyl (C=O) groups is 2. The van der Waals surface area contributed by atoms with Crippen LogP contribution in [0.3, 0.4) is 0 Å². The summed E-state index contributed by atoms with van der Waals surface area (Å²) in [7, 11) is 0. The van der Waals surface area contributed by atoms with E-state index in [1.54, 1.807) is 0 Å². The second kappa shape index (κ2) is 13.9. The zero-order valence-electron chi connectivity index (χ0n) is 16.6. The maximum Gasteiger partial charge on any atom is 0.332 e. The van der Waals surface area contributed by atoms with Gasteiger partial charge in [0.25, 0.3) is 0 Å². The van der Waals surface area contributed by atoms with Crippen LogP contribution in [0.15, 0.2) is 11.1 Å². The molecule has 1 unspecified atom stereocenters. The highest BCUT2D eigenvalue weighted by Gasteiger charge is 2.22. The molecule has 0 aromatic rings. The number of hydrogen-bond acceptors (Lipinski definition) is 2. The summed E-state index contributed by atoms with van der Waals surface area (Å²) < 4.78 is 0. The van der Waals surface area contributed by atoms with Crippen molar-refractivity contribution in [2.24, 2.45) is 11.8 Å². The second-order valence-corrected chi connectivity index (χ2v) is 7.53. The fourth-order valence-corrected chi connectivity index (χ4v) is 3.17. The van der Waals surface area contributed by atoms with E-state index in [-0.39, 0.29) is 17.1 Å². The van der Waals surface area contributed by atoms with Crippen LogP contribution in [0, 0.1) is 11.8 Å². The minimum absolute atomic E-state index is 0.117. The van der Waals surface area contributed by atoms with Gasteiger partial charge in [-0.25, -0.2) is 9.59 Å². The average Bonchev–Trinajstić information content (AvgIpc) is 2.54. The first kappa shape index (κ1) is 23.7. The van der Waals surface area contributed by atoms with Crippen molar-refractivity contribution >= 4 is 11.9 Å². The third-order valence-corrected chi connectivity index (χ3v) is 4.87. The number of hydrogen-bond donors (Lipinski definition) is 2. The largest absolute Gasteiger partial charge is 0.478 e. The molecule has 0 saturated heterocycles. The summed E-state index contributed by atoms with van der Waals surface area (Å²) in [5.74, 6) is -1.18. The monoisotopic (exact) mass is 354 g/mol. The molecule has 0 amide bonds. The molecule has 4 nitrogen and oxygen atoms in total. The zero-order valence-corrected chi connectivity index (χ0v) is 16.6. The van der Waals surface area contributed by atoms with Crippen LogP contribution in [0.25, 0.3) is 0 Å². The van der Waals surface area contributed by atoms with Crippen LogP contribution in [0.4, 0.5) is 0 Å². The maximum absolute atomic E-state index is 11.7. The van der Waals surface area contributed by atoms with Crippen LogP contribution in [0.2, 0.25) is 0 Å². The van der Waals surface area contributed by atoms with Crippen molar-refractivity contribution in [3.8, 4) is 0 Å². The first-order valence-corrected chi connectivity index (χ1v) is 10.0. The molecule has 0 rings (SSSR count). The highest BCUT2D eigenvalue weighted by atomic mass is 16.4. The Morgan fingerprint density at radius 2 is 1.40 bits per heavy atom. The lowest BCUT2D eigenvalue weighted by atomic mass is 9.88. The van der Waals surface area contributed by atoms with Crippen molar-refractivity contribution in [1.82, 2.24) is 0 Å². The lowest BCUT2D eigenvalue weighted by molar-refractivity contribution is -0.136. The van der Waals surface area contributed by atoms with E-state index in [1.807, 2.05) is 0 Å². The Morgan fingerprint density at radius 3 is 1.88 bits per heavy atom. The second-order valence-electron chi connectivity index (χ2n) is 7.53. The van der Waals surface area contributed by atoms with E-state index in [0.29, 0.717) is 18.8 Å². The van der Waals surface area contributed by atoms with Crippen LogP contribution in [-0.2, 0) is 9.59 Å². The molecule has 2 N–H and O–H groups in total. The quantitative estimate of drug-likeness (QED) is 0.277. The van der Waals surface area contributed by atoms with Crippen molar-refractivity contribution in [2.45, 2.75) is 98.3 Å². The van der Waals surface area contributed by atoms with Gasteiger partial charge in [0.1, 0.15) is 0 Å². The maximum atomic E-state index is 11.7. The SMILES string of the molecule is CCCCC(CC)CC(C(=O)O)=C(CCCCCCC(C)C)C(=O)O. The van der Waals surface area contributed by atoms with Gasteiger partial charge in [-0.2, -0.15) is 0 Å². The lowest BCUT2D eigenvalue weighted by Crippen LogP contribution is -2.15. The summed E-state index contributed by atoms with van der Waals surface area (Å²) in [4.78, 5) is 23.3. The molecule has 0 fully saturated rings. The molecule has 0 radical (unpaired) electrons. The molecular weight excluding hydrogens is 316 g/mol. The number of unbranched alkanes of at least 4 members (excludes halogenated alkanes) is 4. The molecule has 146 valence electrons. The van der Waals surface area contributed by atoms with Gasteiger partial charge in [0.05, 0.1) is 0 Å². The molecule has 0 spiro atoms. The first-order chi connectivity index (χ1) is 11.8. The van der Waals surface area contributed by atoms with E-state index in [1.165, 1.54) is 6.42 Å². The Kier molecular flexibility index (Phi) is 13.2. The number of carboxylic acids is 2. The molecule has 0 aliphatic rings. The van der Waals surface area contributed by atoms with Crippen LogP contribution in [-0.4, -0.2) is 22.2 Å². The molecule has 0 heterocycles. The van der Waals surface area contributed by atoms with Gasteiger partial charge >= 0.3 is 11.9 Å². The normalized spacial score (nSPS) is 13.6. The molecule has 0 aromatic heterocycles. The number of carboxylic acid groups (broad SMARTS) is 2. The Bertz CT molecular complexity index is 424. The van der Waals surface area contributed by atoms with Crippen molar-refractivity contribution in [2.75, 3.05) is 0 Å². The lowest BCUT2D eigenvalue weighted by Gasteiger charge is -2.17.